The van der Waals surface area contributed by atoms with Crippen molar-refractivity contribution in [1.82, 2.24) is 0 Å². The highest BCUT2D eigenvalue weighted by molar-refractivity contribution is 7.92. The average molecular weight is 687 g/mol. The molecule has 2 aliphatic carbocycles. The van der Waals surface area contributed by atoms with Crippen LogP contribution in [-0.2, 0) is 28.2 Å². The Bertz CT molecular complexity index is 1640. The molecule has 0 aliphatic heterocycles. The topological polar surface area (TPSA) is 104 Å². The van der Waals surface area contributed by atoms with Gasteiger partial charge in [-0.25, -0.2) is 17.8 Å². The number of esters is 1. The first-order valence-electron chi connectivity index (χ1n) is 14.3. The molecule has 0 bridgehead atoms. The van der Waals surface area contributed by atoms with Crippen LogP contribution < -0.4 is 23.5 Å². The SMILES string of the molecule is C[n+]1cc(Cl)c(C[C@H](OC(=O)c2ccc(NS(C)(=O)=O)c(OCC3CC3)c2)c2ccc(OC(F)F)c(OCC3CC3)c2)c(Cl)c1. The number of aromatic nitrogens is 1. The molecule has 45 heavy (non-hydrogen) atoms. The van der Waals surface area contributed by atoms with E-state index in [4.69, 9.17) is 37.4 Å². The van der Waals surface area contributed by atoms with Crippen LogP contribution in [0.4, 0.5) is 14.5 Å². The third-order valence-electron chi connectivity index (χ3n) is 7.26. The standard InChI is InChI=1S/C31H32Cl2F2N2O7S/c1-37-14-23(32)22(24(33)15-37)13-27(20-8-10-26(44-31(34)35)29(11-20)42-17-19-5-6-19)43-30(38)21-7-9-25(36-45(2,39)40)28(12-21)41-16-18-3-4-18/h7-12,14-15,18-19,27,31H,3-6,13,16-17H2,1-2H3/p+1/t27-/m0/s1. The van der Waals surface area contributed by atoms with E-state index in [-0.39, 0.29) is 34.9 Å². The Morgan fingerprint density at radius 1 is 0.956 bits per heavy atom. The number of aryl methyl sites for hydroxylation is 1. The molecule has 0 saturated heterocycles. The Morgan fingerprint density at radius 2 is 1.58 bits per heavy atom. The van der Waals surface area contributed by atoms with Gasteiger partial charge in [0, 0.05) is 12.0 Å². The van der Waals surface area contributed by atoms with E-state index in [1.807, 2.05) is 0 Å². The summed E-state index contributed by atoms with van der Waals surface area (Å²) in [6.45, 7) is -2.36. The second-order valence-electron chi connectivity index (χ2n) is 11.4. The second-order valence-corrected chi connectivity index (χ2v) is 13.9. The molecule has 5 rings (SSSR count). The molecule has 1 aromatic heterocycles. The van der Waals surface area contributed by atoms with Crippen molar-refractivity contribution in [3.8, 4) is 17.2 Å². The third-order valence-corrected chi connectivity index (χ3v) is 8.50. The third kappa shape index (κ3) is 9.57. The zero-order valence-electron chi connectivity index (χ0n) is 24.6. The summed E-state index contributed by atoms with van der Waals surface area (Å²) in [7, 11) is -1.86. The van der Waals surface area contributed by atoms with Gasteiger partial charge in [-0.05, 0) is 73.4 Å². The van der Waals surface area contributed by atoms with Gasteiger partial charge in [0.15, 0.2) is 23.9 Å². The van der Waals surface area contributed by atoms with E-state index in [9.17, 15) is 22.0 Å². The van der Waals surface area contributed by atoms with Gasteiger partial charge in [0.25, 0.3) is 0 Å². The van der Waals surface area contributed by atoms with Crippen molar-refractivity contribution in [2.45, 2.75) is 44.8 Å². The number of ether oxygens (including phenoxy) is 4. The maximum absolute atomic E-state index is 13.6. The number of benzene rings is 2. The smallest absolute Gasteiger partial charge is 0.387 e. The quantitative estimate of drug-likeness (QED) is 0.144. The lowest BCUT2D eigenvalue weighted by atomic mass is 10.0. The van der Waals surface area contributed by atoms with Crippen molar-refractivity contribution < 1.29 is 45.5 Å². The Hall–Kier alpha value is -3.35. The van der Waals surface area contributed by atoms with E-state index < -0.39 is 28.7 Å². The molecule has 0 unspecified atom stereocenters. The lowest BCUT2D eigenvalue weighted by molar-refractivity contribution is -0.671. The van der Waals surface area contributed by atoms with Crippen LogP contribution in [0.2, 0.25) is 10.0 Å². The minimum absolute atomic E-state index is 0.0418. The van der Waals surface area contributed by atoms with Crippen LogP contribution in [0.1, 0.15) is 53.3 Å². The number of hydrogen-bond donors (Lipinski definition) is 1. The number of sulfonamides is 1. The van der Waals surface area contributed by atoms with Crippen LogP contribution in [0.25, 0.3) is 0 Å². The number of hydrogen-bond acceptors (Lipinski definition) is 7. The molecule has 242 valence electrons. The molecule has 0 amide bonds. The normalized spacial score (nSPS) is 15.4. The summed E-state index contributed by atoms with van der Waals surface area (Å²) >= 11 is 13.1. The number of nitrogens with one attached hydrogen (secondary N) is 1. The van der Waals surface area contributed by atoms with Crippen molar-refractivity contribution in [3.05, 3.63) is 75.5 Å². The van der Waals surface area contributed by atoms with Crippen LogP contribution in [0.15, 0.2) is 48.8 Å². The average Bonchev–Trinajstić information content (AvgIpc) is 3.88. The Balaban J connectivity index is 1.47. The highest BCUT2D eigenvalue weighted by Gasteiger charge is 2.28. The molecule has 1 atom stereocenters. The highest BCUT2D eigenvalue weighted by atomic mass is 35.5. The summed E-state index contributed by atoms with van der Waals surface area (Å²) in [6.07, 6.45) is 7.36. The van der Waals surface area contributed by atoms with Gasteiger partial charge in [-0.2, -0.15) is 8.78 Å². The molecule has 2 fully saturated rings. The summed E-state index contributed by atoms with van der Waals surface area (Å²) in [5.74, 6) is 0.0824. The maximum Gasteiger partial charge on any atom is 0.387 e. The fourth-order valence-electron chi connectivity index (χ4n) is 4.54. The molecule has 0 radical (unpaired) electrons. The van der Waals surface area contributed by atoms with Crippen LogP contribution in [0.5, 0.6) is 17.2 Å². The van der Waals surface area contributed by atoms with Gasteiger partial charge in [-0.3, -0.25) is 4.72 Å². The van der Waals surface area contributed by atoms with Gasteiger partial charge in [-0.15, -0.1) is 0 Å². The number of carbonyl (C=O) groups is 1. The first kappa shape index (κ1) is 33.0. The van der Waals surface area contributed by atoms with Crippen LogP contribution >= 0.6 is 23.2 Å². The highest BCUT2D eigenvalue weighted by Crippen LogP contribution is 2.39. The van der Waals surface area contributed by atoms with Crippen molar-refractivity contribution in [1.29, 1.82) is 0 Å². The van der Waals surface area contributed by atoms with Gasteiger partial charge in [0.2, 0.25) is 10.0 Å². The molecule has 2 aliphatic rings. The van der Waals surface area contributed by atoms with Gasteiger partial charge >= 0.3 is 12.6 Å². The van der Waals surface area contributed by atoms with Gasteiger partial charge in [0.1, 0.15) is 28.9 Å². The fourth-order valence-corrected chi connectivity index (χ4v) is 5.82. The zero-order valence-corrected chi connectivity index (χ0v) is 26.9. The molecular formula is C31H33Cl2F2N2O7S+. The molecule has 2 saturated carbocycles. The van der Waals surface area contributed by atoms with Crippen molar-refractivity contribution in [2.75, 3.05) is 24.2 Å². The van der Waals surface area contributed by atoms with E-state index in [1.54, 1.807) is 24.0 Å². The van der Waals surface area contributed by atoms with Crippen molar-refractivity contribution in [2.24, 2.45) is 18.9 Å². The lowest BCUT2D eigenvalue weighted by Crippen LogP contribution is -2.27. The lowest BCUT2D eigenvalue weighted by Gasteiger charge is -2.22. The number of rotatable bonds is 15. The zero-order chi connectivity index (χ0) is 32.3. The number of carbonyl (C=O) groups excluding carboxylic acids is 1. The number of pyridine rings is 1. The summed E-state index contributed by atoms with van der Waals surface area (Å²) in [6, 6.07) is 8.62. The van der Waals surface area contributed by atoms with E-state index in [1.165, 1.54) is 36.4 Å². The summed E-state index contributed by atoms with van der Waals surface area (Å²) < 4.78 is 76.7. The Labute approximate surface area is 270 Å². The molecule has 14 heteroatoms. The molecule has 0 spiro atoms. The predicted octanol–water partition coefficient (Wildman–Crippen LogP) is 6.51. The van der Waals surface area contributed by atoms with E-state index >= 15 is 0 Å². The number of halogens is 4. The van der Waals surface area contributed by atoms with E-state index in [0.29, 0.717) is 46.2 Å². The molecule has 3 aromatic rings. The van der Waals surface area contributed by atoms with Crippen LogP contribution in [-0.4, -0.2) is 40.5 Å². The first-order valence-corrected chi connectivity index (χ1v) is 17.0. The monoisotopic (exact) mass is 685 g/mol. The second kappa shape index (κ2) is 14.0. The molecule has 1 heterocycles. The van der Waals surface area contributed by atoms with E-state index in [0.717, 1.165) is 31.9 Å². The van der Waals surface area contributed by atoms with Crippen molar-refractivity contribution in [3.63, 3.8) is 0 Å². The molecule has 9 nitrogen and oxygen atoms in total. The largest absolute Gasteiger partial charge is 0.491 e. The molecule has 2 aromatic carbocycles. The number of alkyl halides is 2. The van der Waals surface area contributed by atoms with Crippen LogP contribution in [0.3, 0.4) is 0 Å². The fraction of sp³-hybridized carbons (Fsp3) is 0.419. The van der Waals surface area contributed by atoms with E-state index in [2.05, 4.69) is 9.46 Å². The number of anilines is 1. The molecule has 1 N–H and O–H groups in total. The Kier molecular flexibility index (Phi) is 10.2. The van der Waals surface area contributed by atoms with Crippen molar-refractivity contribution >= 4 is 44.9 Å². The van der Waals surface area contributed by atoms with Gasteiger partial charge < -0.3 is 18.9 Å². The number of nitrogens with zero attached hydrogens (tertiary/aromatic N) is 1. The molecular weight excluding hydrogens is 653 g/mol. The minimum atomic E-state index is -3.62. The summed E-state index contributed by atoms with van der Waals surface area (Å²) in [5, 5.41) is 0.668. The minimum Gasteiger partial charge on any atom is -0.491 e. The maximum atomic E-state index is 13.6. The van der Waals surface area contributed by atoms with Gasteiger partial charge in [-0.1, -0.05) is 29.3 Å². The van der Waals surface area contributed by atoms with Crippen LogP contribution in [0, 0.1) is 11.8 Å². The first-order chi connectivity index (χ1) is 21.3. The predicted molar refractivity (Wildman–Crippen MR) is 164 cm³/mol. The summed E-state index contributed by atoms with van der Waals surface area (Å²) in [5.41, 5.74) is 1.22. The summed E-state index contributed by atoms with van der Waals surface area (Å²) in [4.78, 5) is 13.6. The Morgan fingerprint density at radius 3 is 2.16 bits per heavy atom. The van der Waals surface area contributed by atoms with Gasteiger partial charge in [0.05, 0.1) is 30.7 Å².